The third kappa shape index (κ3) is 5.28. The van der Waals surface area contributed by atoms with E-state index in [1.807, 2.05) is 13.1 Å². The second-order valence-corrected chi connectivity index (χ2v) is 6.58. The maximum atomic E-state index is 5.82. The van der Waals surface area contributed by atoms with E-state index in [1.165, 1.54) is 24.8 Å². The molecule has 1 aromatic rings. The van der Waals surface area contributed by atoms with E-state index in [4.69, 9.17) is 9.47 Å². The van der Waals surface area contributed by atoms with E-state index in [-0.39, 0.29) is 0 Å². The van der Waals surface area contributed by atoms with Gasteiger partial charge in [0.05, 0.1) is 17.7 Å². The maximum absolute atomic E-state index is 5.82. The molecule has 1 N–H and O–H groups in total. The van der Waals surface area contributed by atoms with E-state index in [1.54, 1.807) is 7.11 Å². The zero-order valence-corrected chi connectivity index (χ0v) is 14.6. The third-order valence-electron chi connectivity index (χ3n) is 4.22. The summed E-state index contributed by atoms with van der Waals surface area (Å²) >= 11 is 3.56. The molecule has 1 aliphatic rings. The van der Waals surface area contributed by atoms with Gasteiger partial charge in [-0.2, -0.15) is 0 Å². The number of methoxy groups -OCH3 is 1. The highest BCUT2D eigenvalue weighted by atomic mass is 79.9. The molecule has 1 saturated heterocycles. The van der Waals surface area contributed by atoms with Gasteiger partial charge in [-0.25, -0.2) is 0 Å². The minimum Gasteiger partial charge on any atom is -0.496 e. The smallest absolute Gasteiger partial charge is 0.133 e. The molecule has 0 radical (unpaired) electrons. The van der Waals surface area contributed by atoms with Crippen LogP contribution < -0.4 is 10.1 Å². The van der Waals surface area contributed by atoms with Crippen molar-refractivity contribution in [1.82, 2.24) is 5.32 Å². The van der Waals surface area contributed by atoms with Gasteiger partial charge < -0.3 is 14.8 Å². The summed E-state index contributed by atoms with van der Waals surface area (Å²) in [5.74, 6) is 0.885. The normalized spacial score (nSPS) is 20.2. The maximum Gasteiger partial charge on any atom is 0.133 e. The topological polar surface area (TPSA) is 30.5 Å². The lowest BCUT2D eigenvalue weighted by molar-refractivity contribution is 0.00870. The van der Waals surface area contributed by atoms with Crippen LogP contribution in [-0.4, -0.2) is 32.9 Å². The molecule has 0 aliphatic carbocycles. The van der Waals surface area contributed by atoms with Gasteiger partial charge in [-0.15, -0.1) is 0 Å². The van der Waals surface area contributed by atoms with Crippen LogP contribution >= 0.6 is 15.9 Å². The van der Waals surface area contributed by atoms with Gasteiger partial charge in [-0.05, 0) is 79.2 Å². The van der Waals surface area contributed by atoms with Crippen LogP contribution in [-0.2, 0) is 11.2 Å². The summed E-state index contributed by atoms with van der Waals surface area (Å²) in [5.41, 5.74) is 1.33. The monoisotopic (exact) mass is 355 g/mol. The van der Waals surface area contributed by atoms with Crippen LogP contribution in [0, 0.1) is 0 Å². The van der Waals surface area contributed by atoms with Crippen LogP contribution in [0.1, 0.15) is 37.7 Å². The number of ether oxygens (including phenoxy) is 2. The van der Waals surface area contributed by atoms with Crippen LogP contribution in [0.5, 0.6) is 5.75 Å². The molecule has 3 nitrogen and oxygen atoms in total. The van der Waals surface area contributed by atoms with Crippen LogP contribution in [0.4, 0.5) is 0 Å². The van der Waals surface area contributed by atoms with Crippen LogP contribution in [0.25, 0.3) is 0 Å². The predicted molar refractivity (Wildman–Crippen MR) is 90.1 cm³/mol. The molecule has 0 aromatic heterocycles. The Bertz CT molecular complexity index is 433. The first-order valence-electron chi connectivity index (χ1n) is 7.84. The molecule has 1 aromatic carbocycles. The molecule has 2 rings (SSSR count). The number of hydrogen-bond donors (Lipinski definition) is 1. The van der Waals surface area contributed by atoms with Crippen molar-refractivity contribution in [2.45, 2.75) is 50.7 Å². The van der Waals surface area contributed by atoms with Gasteiger partial charge in [0.1, 0.15) is 5.75 Å². The number of halogens is 1. The fraction of sp³-hybridized carbons (Fsp3) is 0.647. The van der Waals surface area contributed by atoms with Crippen molar-refractivity contribution in [3.63, 3.8) is 0 Å². The standard InChI is InChI=1S/C17H26BrNO2/c1-19-14(7-8-15-5-3-4-10-21-15)11-13-6-9-17(20-2)16(18)12-13/h6,9,12,14-15,19H,3-5,7-8,10-11H2,1-2H3. The van der Waals surface area contributed by atoms with Gasteiger partial charge in [0, 0.05) is 12.6 Å². The van der Waals surface area contributed by atoms with Crippen molar-refractivity contribution in [2.24, 2.45) is 0 Å². The lowest BCUT2D eigenvalue weighted by Crippen LogP contribution is -2.30. The first-order valence-corrected chi connectivity index (χ1v) is 8.63. The van der Waals surface area contributed by atoms with E-state index < -0.39 is 0 Å². The summed E-state index contributed by atoms with van der Waals surface area (Å²) in [7, 11) is 3.74. The molecular formula is C17H26BrNO2. The van der Waals surface area contributed by atoms with E-state index in [0.717, 1.165) is 36.1 Å². The molecule has 2 unspecified atom stereocenters. The van der Waals surface area contributed by atoms with E-state index >= 15 is 0 Å². The third-order valence-corrected chi connectivity index (χ3v) is 4.84. The van der Waals surface area contributed by atoms with Crippen molar-refractivity contribution in [2.75, 3.05) is 20.8 Å². The van der Waals surface area contributed by atoms with E-state index in [0.29, 0.717) is 12.1 Å². The molecule has 1 aliphatic heterocycles. The Morgan fingerprint density at radius 1 is 1.43 bits per heavy atom. The van der Waals surface area contributed by atoms with E-state index in [9.17, 15) is 0 Å². The molecule has 0 amide bonds. The highest BCUT2D eigenvalue weighted by Crippen LogP contribution is 2.26. The average Bonchev–Trinajstić information content (AvgIpc) is 2.52. The van der Waals surface area contributed by atoms with Gasteiger partial charge in [0.2, 0.25) is 0 Å². The highest BCUT2D eigenvalue weighted by Gasteiger charge is 2.16. The molecule has 21 heavy (non-hydrogen) atoms. The molecule has 0 bridgehead atoms. The van der Waals surface area contributed by atoms with Gasteiger partial charge >= 0.3 is 0 Å². The summed E-state index contributed by atoms with van der Waals surface area (Å²) in [6.07, 6.45) is 7.59. The van der Waals surface area contributed by atoms with Crippen molar-refractivity contribution >= 4 is 15.9 Å². The lowest BCUT2D eigenvalue weighted by Gasteiger charge is -2.25. The number of hydrogen-bond acceptors (Lipinski definition) is 3. The Morgan fingerprint density at radius 2 is 2.29 bits per heavy atom. The van der Waals surface area contributed by atoms with Crippen molar-refractivity contribution in [3.05, 3.63) is 28.2 Å². The fourth-order valence-electron chi connectivity index (χ4n) is 2.89. The number of likely N-dealkylation sites (N-methyl/N-ethyl adjacent to an activating group) is 1. The summed E-state index contributed by atoms with van der Waals surface area (Å²) in [5, 5.41) is 3.44. The lowest BCUT2D eigenvalue weighted by atomic mass is 9.97. The SMILES string of the molecule is CNC(CCC1CCCCO1)Cc1ccc(OC)c(Br)c1. The van der Waals surface area contributed by atoms with Gasteiger partial charge in [0.25, 0.3) is 0 Å². The number of nitrogens with one attached hydrogen (secondary N) is 1. The summed E-state index contributed by atoms with van der Waals surface area (Å²) in [6.45, 7) is 0.945. The zero-order chi connectivity index (χ0) is 15.1. The van der Waals surface area contributed by atoms with Gasteiger partial charge in [0.15, 0.2) is 0 Å². The van der Waals surface area contributed by atoms with Crippen molar-refractivity contribution in [1.29, 1.82) is 0 Å². The molecule has 0 spiro atoms. The first-order chi connectivity index (χ1) is 10.2. The number of benzene rings is 1. The second kappa shape index (κ2) is 8.76. The fourth-order valence-corrected chi connectivity index (χ4v) is 3.48. The predicted octanol–water partition coefficient (Wildman–Crippen LogP) is 3.94. The molecule has 1 heterocycles. The van der Waals surface area contributed by atoms with Crippen molar-refractivity contribution in [3.8, 4) is 5.75 Å². The van der Waals surface area contributed by atoms with Gasteiger partial charge in [-0.1, -0.05) is 6.07 Å². The second-order valence-electron chi connectivity index (χ2n) is 5.72. The quantitative estimate of drug-likeness (QED) is 0.803. The zero-order valence-electron chi connectivity index (χ0n) is 13.0. The summed E-state index contributed by atoms with van der Waals surface area (Å²) in [4.78, 5) is 0. The van der Waals surface area contributed by atoms with Crippen LogP contribution in [0.15, 0.2) is 22.7 Å². The summed E-state index contributed by atoms with van der Waals surface area (Å²) in [6, 6.07) is 6.82. The minimum absolute atomic E-state index is 0.470. The molecule has 1 fully saturated rings. The van der Waals surface area contributed by atoms with E-state index in [2.05, 4.69) is 33.4 Å². The largest absolute Gasteiger partial charge is 0.496 e. The number of rotatable bonds is 7. The summed E-state index contributed by atoms with van der Waals surface area (Å²) < 4.78 is 12.1. The Kier molecular flexibility index (Phi) is 7.00. The Labute approximate surface area is 136 Å². The van der Waals surface area contributed by atoms with Crippen molar-refractivity contribution < 1.29 is 9.47 Å². The molecular weight excluding hydrogens is 330 g/mol. The Balaban J connectivity index is 1.84. The Morgan fingerprint density at radius 3 is 2.90 bits per heavy atom. The highest BCUT2D eigenvalue weighted by molar-refractivity contribution is 9.10. The Hall–Kier alpha value is -0.580. The van der Waals surface area contributed by atoms with Crippen LogP contribution in [0.3, 0.4) is 0 Å². The minimum atomic E-state index is 0.470. The average molecular weight is 356 g/mol. The van der Waals surface area contributed by atoms with Gasteiger partial charge in [-0.3, -0.25) is 0 Å². The molecule has 0 saturated carbocycles. The molecule has 2 atom stereocenters. The molecule has 118 valence electrons. The molecule has 4 heteroatoms. The van der Waals surface area contributed by atoms with Crippen LogP contribution in [0.2, 0.25) is 0 Å². The first kappa shape index (κ1) is 16.8.